The number of benzene rings is 3. The van der Waals surface area contributed by atoms with Crippen molar-refractivity contribution in [1.82, 2.24) is 30.7 Å². The molecule has 26 heteroatoms. The van der Waals surface area contributed by atoms with Crippen LogP contribution in [0.25, 0.3) is 0 Å². The Labute approximate surface area is 618 Å². The van der Waals surface area contributed by atoms with Gasteiger partial charge in [-0.1, -0.05) is 111 Å². The van der Waals surface area contributed by atoms with Gasteiger partial charge in [-0.05, 0) is 100 Å². The molecule has 2 fully saturated rings. The fourth-order valence-electron chi connectivity index (χ4n) is 14.8. The van der Waals surface area contributed by atoms with E-state index in [0.717, 1.165) is 12.5 Å². The largest absolute Gasteiger partial charge is 0.457 e. The predicted octanol–water partition coefficient (Wildman–Crippen LogP) is 10.2. The summed E-state index contributed by atoms with van der Waals surface area (Å²) in [5.74, 6) is -16.1. The second kappa shape index (κ2) is 41.4. The monoisotopic (exact) mass is 1480 g/mol. The average Bonchev–Trinajstić information content (AvgIpc) is 1.11. The Bertz CT molecular complexity index is 3390. The van der Waals surface area contributed by atoms with E-state index in [4.69, 9.17) is 19.9 Å². The number of ether oxygens (including phenoxy) is 3. The number of carbonyl (C=O) groups excluding carboxylic acids is 10. The third-order valence-electron chi connectivity index (χ3n) is 21.3. The fourth-order valence-corrected chi connectivity index (χ4v) is 14.8. The number of hydrogen-bond donors (Lipinski definition) is 5. The highest BCUT2D eigenvalue weighted by Gasteiger charge is 2.44. The molecule has 0 saturated carbocycles. The van der Waals surface area contributed by atoms with Gasteiger partial charge in [0, 0.05) is 127 Å². The van der Waals surface area contributed by atoms with E-state index < -0.39 is 118 Å². The van der Waals surface area contributed by atoms with Gasteiger partial charge in [-0.3, -0.25) is 48.1 Å². The Balaban J connectivity index is 1.19. The maximum atomic E-state index is 14.7. The Morgan fingerprint density at radius 2 is 1.36 bits per heavy atom. The molecule has 3 aromatic carbocycles. The van der Waals surface area contributed by atoms with Gasteiger partial charge in [-0.15, -0.1) is 13.0 Å². The number of rotatable bonds is 42. The summed E-state index contributed by atoms with van der Waals surface area (Å²) in [6.45, 7) is 21.4. The van der Waals surface area contributed by atoms with Gasteiger partial charge in [0.15, 0.2) is 23.2 Å². The minimum Gasteiger partial charge on any atom is -0.457 e. The fraction of sp³-hybridized carbons (Fsp3) is 0.633. The van der Waals surface area contributed by atoms with Crippen molar-refractivity contribution < 1.29 is 84.2 Å². The summed E-state index contributed by atoms with van der Waals surface area (Å²) in [7, 11) is 10.4. The van der Waals surface area contributed by atoms with Gasteiger partial charge < -0.3 is 55.5 Å². The van der Waals surface area contributed by atoms with Crippen molar-refractivity contribution in [1.29, 1.82) is 0 Å². The van der Waals surface area contributed by atoms with Crippen LogP contribution in [0.4, 0.5) is 28.0 Å². The van der Waals surface area contributed by atoms with Gasteiger partial charge in [0.05, 0.1) is 55.9 Å². The smallest absolute Gasteiger partial charge is 0.312 e. The topological polar surface area (TPSA) is 282 Å². The molecule has 0 radical (unpaired) electrons. The number of piperidine rings is 1. The van der Waals surface area contributed by atoms with Crippen molar-refractivity contribution in [2.45, 2.75) is 202 Å². The molecule has 6 N–H and O–H groups in total. The lowest BCUT2D eigenvalue weighted by Crippen LogP contribution is -2.54. The van der Waals surface area contributed by atoms with Gasteiger partial charge in [0.1, 0.15) is 5.78 Å². The molecule has 0 bridgehead atoms. The molecule has 7 amide bonds. The number of anilines is 1. The second-order valence-corrected chi connectivity index (χ2v) is 30.4. The van der Waals surface area contributed by atoms with Crippen molar-refractivity contribution in [2.24, 2.45) is 59.0 Å². The van der Waals surface area contributed by atoms with Crippen LogP contribution in [0, 0.1) is 90.0 Å². The number of likely N-dealkylation sites (N-methyl/N-ethyl adjacent to an activating group) is 2. The predicted molar refractivity (Wildman–Crippen MR) is 392 cm³/mol. The number of methoxy groups -OCH3 is 2. The highest BCUT2D eigenvalue weighted by atomic mass is 19.2. The standard InChI is InChI=1S/C79H117F4N9O13/c1-17-49(8)72(90(13)77(100)58(46(2)3)43-62(95)71(48(6)7)89(11)12)63(103-15)44-65(97)91-36-22-27-59(91)73(104-16)50(9)60(93)42-56(40-52-24-19-18-20-25-52)75(98)86-45-53-29-31-57(32-30-53)87-76(99)55(26-21-35-85-79(84)102)41-61(94)70(47(4)5)88-64(96)28-23-37-92(14)38-33-54(34-39-92)78(101)105-74-68(82)66(80)51(10)67(81)69(74)83/h18-20,24-25,29-32,38,46-50,54-56,58-59,63,70-73H,17,21-23,26-28,33-37,39-45H2,1-16H3,(H,86,98)(H,87,99)(H,88,96)(H3,84,85,102)/t49-,50-,54?,55+,56+,58-,59-,63+,70-,71-,72-,73+,92?/m0/s1. The van der Waals surface area contributed by atoms with Gasteiger partial charge in [-0.2, -0.15) is 8.78 Å². The molecule has 13 atom stereocenters. The average molecular weight is 1480 g/mol. The van der Waals surface area contributed by atoms with E-state index in [9.17, 15) is 65.5 Å². The van der Waals surface area contributed by atoms with Crippen molar-refractivity contribution >= 4 is 64.6 Å². The normalized spacial score (nSPS) is 19.0. The molecular formula is C79H117F4N9O13. The number of urea groups is 1. The van der Waals surface area contributed by atoms with Crippen LogP contribution in [0.2, 0.25) is 0 Å². The summed E-state index contributed by atoms with van der Waals surface area (Å²) in [6.07, 6.45) is 1.60. The lowest BCUT2D eigenvalue weighted by atomic mass is 9.83. The summed E-state index contributed by atoms with van der Waals surface area (Å²) < 4.78 is 74.7. The first-order chi connectivity index (χ1) is 49.5. The lowest BCUT2D eigenvalue weighted by Gasteiger charge is -2.49. The van der Waals surface area contributed by atoms with Crippen LogP contribution >= 0.6 is 0 Å². The summed E-state index contributed by atoms with van der Waals surface area (Å²) in [4.78, 5) is 144. The Morgan fingerprint density at radius 1 is 0.724 bits per heavy atom. The number of likely N-dealkylation sites (tertiary alicyclic amines) is 2. The highest BCUT2D eigenvalue weighted by molar-refractivity contribution is 5.97. The lowest BCUT2D eigenvalue weighted by molar-refractivity contribution is -0.886. The van der Waals surface area contributed by atoms with E-state index in [0.29, 0.717) is 61.1 Å². The molecule has 3 aromatic rings. The van der Waals surface area contributed by atoms with Crippen LogP contribution in [0.5, 0.6) is 5.75 Å². The van der Waals surface area contributed by atoms with Crippen molar-refractivity contribution in [3.63, 3.8) is 0 Å². The van der Waals surface area contributed by atoms with E-state index in [-0.39, 0.29) is 142 Å². The van der Waals surface area contributed by atoms with Crippen LogP contribution in [-0.4, -0.2) is 183 Å². The molecule has 2 saturated heterocycles. The first kappa shape index (κ1) is 88.0. The van der Waals surface area contributed by atoms with Crippen molar-refractivity contribution in [2.75, 3.05) is 73.9 Å². The molecule has 5 rings (SSSR count). The zero-order valence-corrected chi connectivity index (χ0v) is 64.6. The van der Waals surface area contributed by atoms with Crippen LogP contribution < -0.4 is 31.7 Å². The van der Waals surface area contributed by atoms with E-state index in [2.05, 4.69) is 21.3 Å². The molecule has 2 unspecified atom stereocenters. The van der Waals surface area contributed by atoms with Gasteiger partial charge >= 0.3 is 12.0 Å². The number of esters is 1. The summed E-state index contributed by atoms with van der Waals surface area (Å²) >= 11 is 0. The molecule has 584 valence electrons. The van der Waals surface area contributed by atoms with Crippen molar-refractivity contribution in [3.8, 4) is 5.75 Å². The molecule has 2 aliphatic heterocycles. The van der Waals surface area contributed by atoms with Gasteiger partial charge in [0.2, 0.25) is 46.9 Å². The number of nitrogens with zero attached hydrogens (tertiary/aromatic N) is 4. The third kappa shape index (κ3) is 25.0. The van der Waals surface area contributed by atoms with E-state index in [1.807, 2.05) is 97.9 Å². The van der Waals surface area contributed by atoms with E-state index >= 15 is 0 Å². The maximum Gasteiger partial charge on any atom is 0.312 e. The van der Waals surface area contributed by atoms with Crippen LogP contribution in [0.15, 0.2) is 54.6 Å². The highest BCUT2D eigenvalue weighted by Crippen LogP contribution is 2.35. The number of ketones is 3. The molecule has 22 nitrogen and oxygen atoms in total. The van der Waals surface area contributed by atoms with Crippen LogP contribution in [-0.2, 0) is 65.6 Å². The number of primary amides is 1. The number of carbonyl (C=O) groups is 10. The van der Waals surface area contributed by atoms with Crippen LogP contribution in [0.1, 0.15) is 162 Å². The number of amides is 7. The van der Waals surface area contributed by atoms with E-state index in [1.54, 1.807) is 75.5 Å². The van der Waals surface area contributed by atoms with Crippen LogP contribution in [0.3, 0.4) is 0 Å². The number of quaternary nitrogens is 1. The van der Waals surface area contributed by atoms with Crippen molar-refractivity contribution in [3.05, 3.63) is 101 Å². The molecule has 0 aliphatic carbocycles. The number of hydrogen-bond acceptors (Lipinski definition) is 14. The quantitative estimate of drug-likeness (QED) is 0.00671. The molecular weight excluding hydrogens is 1360 g/mol. The molecule has 2 aliphatic rings. The minimum atomic E-state index is -1.80. The molecule has 2 heterocycles. The second-order valence-electron chi connectivity index (χ2n) is 30.4. The zero-order valence-electron chi connectivity index (χ0n) is 64.6. The molecule has 105 heavy (non-hydrogen) atoms. The maximum absolute atomic E-state index is 14.7. The number of nitrogens with two attached hydrogens (primary N) is 1. The van der Waals surface area contributed by atoms with Gasteiger partial charge in [0.25, 0.3) is 0 Å². The summed E-state index contributed by atoms with van der Waals surface area (Å²) in [6, 6.07) is 13.1. The zero-order chi connectivity index (χ0) is 78.3. The minimum absolute atomic E-state index is 0.00313. The Kier molecular flexibility index (Phi) is 34.7. The molecule has 0 aromatic heterocycles. The number of halogens is 4. The summed E-state index contributed by atoms with van der Waals surface area (Å²) in [5, 5.41) is 11.3. The van der Waals surface area contributed by atoms with Gasteiger partial charge in [-0.25, -0.2) is 13.6 Å². The SMILES string of the molecule is CC[C@H](C)[C@@H]([C@@H](CC(=O)N1CCC[C@H]1[C@H](OC)[C@@H](C)C(=O)C[C@@H](Cc1ccccc1)C(=O)NCc1ccc(NC(=O)[C@H](CCCNC(N)=O)CC(=O)[C@@H](NC(=O)CCC[N+]2(C)[CH-]CC(C(=O)Oc3c(F)c(F)c(C)c(F)c3F)CC2)C(C)C)cc1)OC)N(C)C(=O)[C@@H](CC(=O)[C@H](C(C)C)N(C)C)C(C)C. The Morgan fingerprint density at radius 3 is 1.91 bits per heavy atom. The Hall–Kier alpha value is -7.68. The molecule has 0 spiro atoms. The number of Topliss-reactive ketones (excluding diaryl/α,β-unsaturated/α-hetero) is 3. The third-order valence-corrected chi connectivity index (χ3v) is 21.3. The first-order valence-corrected chi connectivity index (χ1v) is 37.1. The number of nitrogens with one attached hydrogen (secondary N) is 4. The van der Waals surface area contributed by atoms with E-state index in [1.165, 1.54) is 7.11 Å². The first-order valence-electron chi connectivity index (χ1n) is 37.1. The summed E-state index contributed by atoms with van der Waals surface area (Å²) in [5.41, 5.74) is 6.33.